The van der Waals surface area contributed by atoms with Gasteiger partial charge in [-0.15, -0.1) is 11.3 Å². The van der Waals surface area contributed by atoms with Crippen molar-refractivity contribution in [3.63, 3.8) is 0 Å². The molecule has 5 rings (SSSR count). The van der Waals surface area contributed by atoms with Gasteiger partial charge in [0.15, 0.2) is 17.7 Å². The van der Waals surface area contributed by atoms with E-state index in [0.717, 1.165) is 22.6 Å². The highest BCUT2D eigenvalue weighted by Crippen LogP contribution is 2.27. The number of fused-ring (bicyclic) bond motifs is 1. The van der Waals surface area contributed by atoms with Crippen molar-refractivity contribution in [2.24, 2.45) is 5.92 Å². The molecule has 4 atom stereocenters. The fourth-order valence-corrected chi connectivity index (χ4v) is 7.51. The summed E-state index contributed by atoms with van der Waals surface area (Å²) in [5, 5.41) is 14.3. The van der Waals surface area contributed by atoms with Gasteiger partial charge in [-0.05, 0) is 48.2 Å². The van der Waals surface area contributed by atoms with Crippen LogP contribution in [-0.4, -0.2) is 72.7 Å². The molecule has 0 saturated carbocycles. The zero-order valence-electron chi connectivity index (χ0n) is 25.2. The number of anilines is 1. The molecule has 0 bridgehead atoms. The second-order valence-corrected chi connectivity index (χ2v) is 14.1. The van der Waals surface area contributed by atoms with Gasteiger partial charge in [-0.3, -0.25) is 9.69 Å². The summed E-state index contributed by atoms with van der Waals surface area (Å²) in [6.45, 7) is 3.39. The number of nitrogens with one attached hydrogen (secondary N) is 1. The van der Waals surface area contributed by atoms with Crippen LogP contribution >= 0.6 is 11.3 Å². The lowest BCUT2D eigenvalue weighted by molar-refractivity contribution is -0.129. The predicted octanol–water partition coefficient (Wildman–Crippen LogP) is 4.73. The van der Waals surface area contributed by atoms with Gasteiger partial charge in [-0.25, -0.2) is 27.0 Å². The number of cyclic esters (lactones) is 1. The van der Waals surface area contributed by atoms with Gasteiger partial charge in [0.2, 0.25) is 10.0 Å². The Morgan fingerprint density at radius 2 is 1.89 bits per heavy atom. The first-order valence-electron chi connectivity index (χ1n) is 14.7. The Morgan fingerprint density at radius 3 is 2.61 bits per heavy atom. The summed E-state index contributed by atoms with van der Waals surface area (Å²) < 4.78 is 62.4. The van der Waals surface area contributed by atoms with Gasteiger partial charge in [-0.1, -0.05) is 50.6 Å². The number of hydrogen-bond acceptors (Lipinski definition) is 8. The van der Waals surface area contributed by atoms with Crippen molar-refractivity contribution in [3.05, 3.63) is 89.4 Å². The van der Waals surface area contributed by atoms with E-state index in [-0.39, 0.29) is 42.6 Å². The topological polar surface area (TPSA) is 129 Å². The molecule has 46 heavy (non-hydrogen) atoms. The molecule has 2 N–H and O–H groups in total. The number of aromatic nitrogens is 1. The number of carbonyl (C=O) groups excluding carboxylic acids is 2. The molecule has 0 unspecified atom stereocenters. The van der Waals surface area contributed by atoms with Crippen molar-refractivity contribution < 1.29 is 36.6 Å². The quantitative estimate of drug-likeness (QED) is 0.210. The van der Waals surface area contributed by atoms with Crippen molar-refractivity contribution in [3.8, 4) is 0 Å². The fraction of sp³-hybridized carbons (Fsp3) is 0.344. The van der Waals surface area contributed by atoms with Crippen LogP contribution in [0.3, 0.4) is 0 Å². The summed E-state index contributed by atoms with van der Waals surface area (Å²) in [4.78, 5) is 31.3. The molecule has 1 fully saturated rings. The van der Waals surface area contributed by atoms with Crippen LogP contribution in [0.2, 0.25) is 0 Å². The molecule has 1 aliphatic heterocycles. The number of rotatable bonds is 13. The summed E-state index contributed by atoms with van der Waals surface area (Å²) in [5.41, 5.74) is 3.10. The second-order valence-electron chi connectivity index (χ2n) is 11.3. The monoisotopic (exact) mass is 672 g/mol. The molecule has 0 aliphatic carbocycles. The normalized spacial score (nSPS) is 17.2. The van der Waals surface area contributed by atoms with Gasteiger partial charge < -0.3 is 15.2 Å². The zero-order chi connectivity index (χ0) is 33.0. The summed E-state index contributed by atoms with van der Waals surface area (Å²) in [6.07, 6.45) is -2.77. The Bertz CT molecular complexity index is 1810. The Balaban J connectivity index is 1.37. The Kier molecular flexibility index (Phi) is 10.3. The van der Waals surface area contributed by atoms with Gasteiger partial charge in [0.25, 0.3) is 5.91 Å². The minimum absolute atomic E-state index is 0.0162. The first-order valence-corrected chi connectivity index (χ1v) is 17.1. The number of amides is 2. The molecule has 1 saturated heterocycles. The molecule has 0 spiro atoms. The van der Waals surface area contributed by atoms with Gasteiger partial charge in [-0.2, -0.15) is 4.31 Å². The van der Waals surface area contributed by atoms with Crippen molar-refractivity contribution in [2.45, 2.75) is 49.8 Å². The Labute approximate surface area is 269 Å². The smallest absolute Gasteiger partial charge is 0.415 e. The first kappa shape index (κ1) is 33.4. The van der Waals surface area contributed by atoms with Crippen LogP contribution < -0.4 is 10.2 Å². The van der Waals surface area contributed by atoms with E-state index >= 15 is 0 Å². The average molecular weight is 673 g/mol. The van der Waals surface area contributed by atoms with Crippen LogP contribution in [0.15, 0.2) is 77.1 Å². The fourth-order valence-electron chi connectivity index (χ4n) is 5.12. The number of thiazole rings is 1. The van der Waals surface area contributed by atoms with E-state index in [4.69, 9.17) is 4.74 Å². The largest absolute Gasteiger partial charge is 0.434 e. The molecule has 14 heteroatoms. The molecule has 2 heterocycles. The van der Waals surface area contributed by atoms with E-state index in [2.05, 4.69) is 10.3 Å². The van der Waals surface area contributed by atoms with E-state index in [0.29, 0.717) is 16.6 Å². The van der Waals surface area contributed by atoms with E-state index < -0.39 is 51.9 Å². The summed E-state index contributed by atoms with van der Waals surface area (Å²) >= 11 is 1.32. The highest BCUT2D eigenvalue weighted by Gasteiger charge is 2.39. The van der Waals surface area contributed by atoms with Crippen LogP contribution in [0.1, 0.15) is 25.8 Å². The summed E-state index contributed by atoms with van der Waals surface area (Å²) in [5.74, 6) is -3.01. The van der Waals surface area contributed by atoms with Gasteiger partial charge in [0.1, 0.15) is 0 Å². The molecular formula is C32H34F2N4O6S2. The molecule has 2 amide bonds. The number of ether oxygens (including phenoxy) is 1. The zero-order valence-corrected chi connectivity index (χ0v) is 26.8. The van der Waals surface area contributed by atoms with E-state index in [9.17, 15) is 31.9 Å². The van der Waals surface area contributed by atoms with E-state index in [1.807, 2.05) is 32.0 Å². The maximum absolute atomic E-state index is 13.9. The van der Waals surface area contributed by atoms with Crippen LogP contribution in [0.4, 0.5) is 19.3 Å². The minimum atomic E-state index is -4.07. The number of halogens is 2. The number of hydrogen-bond donors (Lipinski definition) is 2. The number of nitrogens with zero attached hydrogens (tertiary/aromatic N) is 3. The summed E-state index contributed by atoms with van der Waals surface area (Å²) in [7, 11) is -4.07. The number of aliphatic hydroxyl groups excluding tert-OH is 1. The lowest BCUT2D eigenvalue weighted by atomic mass is 10.0. The highest BCUT2D eigenvalue weighted by molar-refractivity contribution is 7.89. The lowest BCUT2D eigenvalue weighted by Gasteiger charge is -2.31. The lowest BCUT2D eigenvalue weighted by Crippen LogP contribution is -2.53. The van der Waals surface area contributed by atoms with Gasteiger partial charge in [0, 0.05) is 19.2 Å². The summed E-state index contributed by atoms with van der Waals surface area (Å²) in [6, 6.07) is 15.6. The molecule has 1 aromatic heterocycles. The molecule has 4 aromatic rings. The van der Waals surface area contributed by atoms with Crippen LogP contribution in [0.5, 0.6) is 0 Å². The number of benzene rings is 3. The van der Waals surface area contributed by atoms with Crippen molar-refractivity contribution in [1.29, 1.82) is 0 Å². The van der Waals surface area contributed by atoms with Gasteiger partial charge >= 0.3 is 6.09 Å². The van der Waals surface area contributed by atoms with E-state index in [1.165, 1.54) is 27.8 Å². The van der Waals surface area contributed by atoms with Crippen molar-refractivity contribution >= 4 is 49.3 Å². The van der Waals surface area contributed by atoms with Crippen LogP contribution in [0, 0.1) is 17.6 Å². The van der Waals surface area contributed by atoms with Crippen molar-refractivity contribution in [2.75, 3.05) is 24.5 Å². The number of aliphatic hydroxyl groups is 1. The molecular weight excluding hydrogens is 639 g/mol. The Morgan fingerprint density at radius 1 is 1.13 bits per heavy atom. The van der Waals surface area contributed by atoms with Crippen molar-refractivity contribution in [1.82, 2.24) is 14.6 Å². The maximum atomic E-state index is 13.9. The third-order valence-electron chi connectivity index (χ3n) is 7.95. The molecule has 244 valence electrons. The third kappa shape index (κ3) is 7.52. The first-order chi connectivity index (χ1) is 22.0. The number of sulfonamides is 1. The average Bonchev–Trinajstić information content (AvgIpc) is 3.68. The predicted molar refractivity (Wildman–Crippen MR) is 170 cm³/mol. The van der Waals surface area contributed by atoms with Crippen LogP contribution in [-0.2, 0) is 26.0 Å². The molecule has 3 aromatic carbocycles. The molecule has 1 aliphatic rings. The highest BCUT2D eigenvalue weighted by atomic mass is 32.2. The third-order valence-corrected chi connectivity index (χ3v) is 10.6. The maximum Gasteiger partial charge on any atom is 0.415 e. The minimum Gasteiger partial charge on any atom is -0.434 e. The molecule has 0 radical (unpaired) electrons. The van der Waals surface area contributed by atoms with Gasteiger partial charge in [0.05, 0.1) is 45.0 Å². The van der Waals surface area contributed by atoms with E-state index in [1.54, 1.807) is 29.8 Å². The van der Waals surface area contributed by atoms with Crippen LogP contribution in [0.25, 0.3) is 10.2 Å². The molecule has 10 nitrogen and oxygen atoms in total. The standard InChI is InChI=1S/C32H34F2N4O6S2/c1-3-20(2)16-37(46(42,43)23-10-12-26-30(15-23)45-19-35-26)17-28(39)27(13-21-7-5-4-6-8-21)36-31(40)29-18-38(32(41)44-29)22-9-11-24(33)25(34)14-22/h4-12,14-15,19-20,27-29,39H,3,13,16-18H2,1-2H3,(H,36,40)/t20-,27-,28+,29-/m0/s1. The Hall–Kier alpha value is -3.98. The number of carbonyl (C=O) groups is 2. The SMILES string of the molecule is CC[C@H](C)CN(C[C@@H](O)[C@H](Cc1ccccc1)NC(=O)[C@@H]1CN(c2ccc(F)c(F)c2)C(=O)O1)S(=O)(=O)c1ccc2ncsc2c1. The second kappa shape index (κ2) is 14.2.